The van der Waals surface area contributed by atoms with Crippen LogP contribution < -0.4 is 9.47 Å². The van der Waals surface area contributed by atoms with Gasteiger partial charge in [0, 0.05) is 25.0 Å². The van der Waals surface area contributed by atoms with Gasteiger partial charge in [0.1, 0.15) is 5.01 Å². The Hall–Kier alpha value is -2.11. The van der Waals surface area contributed by atoms with Crippen LogP contribution in [-0.4, -0.2) is 37.2 Å². The van der Waals surface area contributed by atoms with Gasteiger partial charge in [-0.1, -0.05) is 18.2 Å². The molecule has 1 aromatic heterocycles. The third kappa shape index (κ3) is 4.21. The first-order valence-electron chi connectivity index (χ1n) is 7.33. The summed E-state index contributed by atoms with van der Waals surface area (Å²) in [6, 6.07) is 5.82. The van der Waals surface area contributed by atoms with Gasteiger partial charge in [-0.05, 0) is 12.1 Å². The zero-order valence-corrected chi connectivity index (χ0v) is 14.4. The van der Waals surface area contributed by atoms with E-state index in [1.165, 1.54) is 0 Å². The van der Waals surface area contributed by atoms with Crippen molar-refractivity contribution in [2.75, 3.05) is 27.3 Å². The van der Waals surface area contributed by atoms with Crippen molar-refractivity contribution in [1.29, 1.82) is 0 Å². The van der Waals surface area contributed by atoms with Crippen molar-refractivity contribution in [2.45, 2.75) is 6.54 Å². The summed E-state index contributed by atoms with van der Waals surface area (Å²) in [5.41, 5.74) is 1.97. The molecule has 1 heterocycles. The van der Waals surface area contributed by atoms with E-state index in [0.717, 1.165) is 35.9 Å². The van der Waals surface area contributed by atoms with Crippen LogP contribution in [-0.2, 0) is 6.54 Å². The number of hydrogen-bond donors (Lipinski definition) is 0. The summed E-state index contributed by atoms with van der Waals surface area (Å²) in [5, 5.41) is 3.00. The number of benzene rings is 1. The number of thiazole rings is 1. The Morgan fingerprint density at radius 2 is 1.91 bits per heavy atom. The molecule has 0 fully saturated rings. The molecular formula is C18H22N2O2S. The second-order valence-electron chi connectivity index (χ2n) is 4.96. The van der Waals surface area contributed by atoms with Gasteiger partial charge >= 0.3 is 0 Å². The Kier molecular flexibility index (Phi) is 6.38. The molecule has 0 aliphatic carbocycles. The molecule has 23 heavy (non-hydrogen) atoms. The zero-order valence-electron chi connectivity index (χ0n) is 13.6. The van der Waals surface area contributed by atoms with Crippen molar-refractivity contribution in [3.8, 4) is 22.1 Å². The number of nitrogens with zero attached hydrogens (tertiary/aromatic N) is 2. The maximum absolute atomic E-state index is 5.49. The third-order valence-electron chi connectivity index (χ3n) is 3.35. The number of para-hydroxylation sites is 1. The van der Waals surface area contributed by atoms with Gasteiger partial charge in [-0.2, -0.15) is 0 Å². The number of hydrogen-bond acceptors (Lipinski definition) is 5. The fourth-order valence-electron chi connectivity index (χ4n) is 2.36. The number of ether oxygens (including phenoxy) is 2. The lowest BCUT2D eigenvalue weighted by Crippen LogP contribution is -2.23. The van der Waals surface area contributed by atoms with Crippen molar-refractivity contribution in [1.82, 2.24) is 9.88 Å². The van der Waals surface area contributed by atoms with Gasteiger partial charge in [-0.25, -0.2) is 4.98 Å². The maximum Gasteiger partial charge on any atom is 0.170 e. The quantitative estimate of drug-likeness (QED) is 0.651. The van der Waals surface area contributed by atoms with Gasteiger partial charge in [-0.3, -0.25) is 4.90 Å². The highest BCUT2D eigenvalue weighted by Gasteiger charge is 2.15. The molecule has 2 rings (SSSR count). The first-order chi connectivity index (χ1) is 11.2. The highest BCUT2D eigenvalue weighted by molar-refractivity contribution is 7.13. The summed E-state index contributed by atoms with van der Waals surface area (Å²) in [5.74, 6) is 1.42. The Labute approximate surface area is 141 Å². The summed E-state index contributed by atoms with van der Waals surface area (Å²) < 4.78 is 10.8. The van der Waals surface area contributed by atoms with Crippen LogP contribution in [0.25, 0.3) is 10.6 Å². The van der Waals surface area contributed by atoms with Crippen LogP contribution in [0.1, 0.15) is 5.69 Å². The van der Waals surface area contributed by atoms with E-state index in [0.29, 0.717) is 11.5 Å². The molecule has 5 heteroatoms. The molecule has 0 spiro atoms. The Morgan fingerprint density at radius 1 is 1.17 bits per heavy atom. The molecule has 2 aromatic rings. The first kappa shape index (κ1) is 17.2. The van der Waals surface area contributed by atoms with Gasteiger partial charge < -0.3 is 9.47 Å². The second kappa shape index (κ2) is 8.50. The van der Waals surface area contributed by atoms with Gasteiger partial charge in [0.25, 0.3) is 0 Å². The number of aromatic nitrogens is 1. The largest absolute Gasteiger partial charge is 0.493 e. The van der Waals surface area contributed by atoms with Gasteiger partial charge in [0.05, 0.1) is 25.5 Å². The maximum atomic E-state index is 5.49. The van der Waals surface area contributed by atoms with Crippen molar-refractivity contribution < 1.29 is 9.47 Å². The van der Waals surface area contributed by atoms with E-state index in [-0.39, 0.29) is 0 Å². The Bertz CT molecular complexity index is 657. The van der Waals surface area contributed by atoms with Crippen LogP contribution in [0, 0.1) is 0 Å². The van der Waals surface area contributed by atoms with Crippen molar-refractivity contribution >= 4 is 11.3 Å². The standard InChI is InChI=1S/C18H22N2O2S/c1-5-10-20(11-6-2)12-14-13-23-18(19-14)15-8-7-9-16(21-3)17(15)22-4/h5-9,13H,1-2,10-12H2,3-4H3. The lowest BCUT2D eigenvalue weighted by atomic mass is 10.2. The molecular weight excluding hydrogens is 308 g/mol. The SMILES string of the molecule is C=CCN(CC=C)Cc1csc(-c2cccc(OC)c2OC)n1. The predicted octanol–water partition coefficient (Wildman–Crippen LogP) is 4.00. The smallest absolute Gasteiger partial charge is 0.170 e. The highest BCUT2D eigenvalue weighted by atomic mass is 32.1. The minimum atomic E-state index is 0.710. The minimum absolute atomic E-state index is 0.710. The first-order valence-corrected chi connectivity index (χ1v) is 8.21. The van der Waals surface area contributed by atoms with Crippen LogP contribution in [0.3, 0.4) is 0 Å². The van der Waals surface area contributed by atoms with Crippen LogP contribution in [0.15, 0.2) is 48.9 Å². The Morgan fingerprint density at radius 3 is 2.52 bits per heavy atom. The molecule has 0 amide bonds. The normalized spacial score (nSPS) is 10.6. The van der Waals surface area contributed by atoms with Gasteiger partial charge in [0.2, 0.25) is 0 Å². The van der Waals surface area contributed by atoms with E-state index >= 15 is 0 Å². The van der Waals surface area contributed by atoms with E-state index in [9.17, 15) is 0 Å². The Balaban J connectivity index is 2.25. The summed E-state index contributed by atoms with van der Waals surface area (Å²) in [6.07, 6.45) is 3.78. The molecule has 0 N–H and O–H groups in total. The minimum Gasteiger partial charge on any atom is -0.493 e. The molecule has 0 saturated carbocycles. The summed E-state index contributed by atoms with van der Waals surface area (Å²) in [6.45, 7) is 9.97. The van der Waals surface area contributed by atoms with E-state index in [4.69, 9.17) is 14.5 Å². The van der Waals surface area contributed by atoms with Crippen molar-refractivity contribution in [2.24, 2.45) is 0 Å². The molecule has 4 nitrogen and oxygen atoms in total. The highest BCUT2D eigenvalue weighted by Crippen LogP contribution is 2.39. The molecule has 0 aliphatic rings. The molecule has 0 bridgehead atoms. The monoisotopic (exact) mass is 330 g/mol. The lowest BCUT2D eigenvalue weighted by molar-refractivity contribution is 0.324. The molecule has 0 atom stereocenters. The van der Waals surface area contributed by atoms with Crippen LogP contribution >= 0.6 is 11.3 Å². The molecule has 0 saturated heterocycles. The molecule has 122 valence electrons. The fourth-order valence-corrected chi connectivity index (χ4v) is 3.19. The fraction of sp³-hybridized carbons (Fsp3) is 0.278. The van der Waals surface area contributed by atoms with Gasteiger partial charge in [-0.15, -0.1) is 24.5 Å². The molecule has 0 aliphatic heterocycles. The van der Waals surface area contributed by atoms with Crippen LogP contribution in [0.2, 0.25) is 0 Å². The third-order valence-corrected chi connectivity index (χ3v) is 4.27. The molecule has 0 radical (unpaired) electrons. The summed E-state index contributed by atoms with van der Waals surface area (Å²) in [7, 11) is 3.28. The number of rotatable bonds is 9. The molecule has 0 unspecified atom stereocenters. The zero-order chi connectivity index (χ0) is 16.7. The second-order valence-corrected chi connectivity index (χ2v) is 5.81. The van der Waals surface area contributed by atoms with Crippen LogP contribution in [0.4, 0.5) is 0 Å². The van der Waals surface area contributed by atoms with E-state index in [1.807, 2.05) is 30.4 Å². The van der Waals surface area contributed by atoms with E-state index in [1.54, 1.807) is 25.6 Å². The number of methoxy groups -OCH3 is 2. The summed E-state index contributed by atoms with van der Waals surface area (Å²) >= 11 is 1.60. The molecule has 1 aromatic carbocycles. The summed E-state index contributed by atoms with van der Waals surface area (Å²) in [4.78, 5) is 6.97. The van der Waals surface area contributed by atoms with Crippen LogP contribution in [0.5, 0.6) is 11.5 Å². The van der Waals surface area contributed by atoms with Gasteiger partial charge in [0.15, 0.2) is 11.5 Å². The van der Waals surface area contributed by atoms with E-state index < -0.39 is 0 Å². The average Bonchev–Trinajstić information content (AvgIpc) is 3.02. The van der Waals surface area contributed by atoms with Crippen molar-refractivity contribution in [3.63, 3.8) is 0 Å². The topological polar surface area (TPSA) is 34.6 Å². The van der Waals surface area contributed by atoms with E-state index in [2.05, 4.69) is 23.4 Å². The predicted molar refractivity (Wildman–Crippen MR) is 96.3 cm³/mol. The average molecular weight is 330 g/mol. The van der Waals surface area contributed by atoms with Crippen molar-refractivity contribution in [3.05, 3.63) is 54.6 Å². The lowest BCUT2D eigenvalue weighted by Gasteiger charge is -2.16.